The number of aryl methyl sites for hydroxylation is 1. The molecule has 0 aliphatic heterocycles. The molecule has 0 fully saturated rings. The Labute approximate surface area is 185 Å². The van der Waals surface area contributed by atoms with Crippen LogP contribution in [0, 0.1) is 0 Å². The third-order valence-electron chi connectivity index (χ3n) is 5.02. The minimum absolute atomic E-state index is 0.149. The summed E-state index contributed by atoms with van der Waals surface area (Å²) >= 11 is 2.27. The molecular weight excluding hydrogens is 493 g/mol. The monoisotopic (exact) mass is 511 g/mol. The SMILES string of the molecule is Cn1cc(CNc2nc3cc[nH]c(=O)c3c3cc(-c4cnn(CI)c4)ccc23)cn1. The average Bonchev–Trinajstić information content (AvgIpc) is 3.40. The van der Waals surface area contributed by atoms with Crippen molar-refractivity contribution in [1.82, 2.24) is 29.5 Å². The number of aromatic nitrogens is 6. The fourth-order valence-electron chi connectivity index (χ4n) is 3.60. The van der Waals surface area contributed by atoms with Gasteiger partial charge in [0.2, 0.25) is 0 Å². The molecule has 0 saturated carbocycles. The minimum atomic E-state index is -0.149. The lowest BCUT2D eigenvalue weighted by Gasteiger charge is -2.12. The molecule has 30 heavy (non-hydrogen) atoms. The summed E-state index contributed by atoms with van der Waals surface area (Å²) in [6.45, 7) is 0.592. The molecule has 0 saturated heterocycles. The van der Waals surface area contributed by atoms with E-state index in [0.717, 1.165) is 37.8 Å². The number of pyridine rings is 2. The van der Waals surface area contributed by atoms with Gasteiger partial charge in [0, 0.05) is 54.1 Å². The summed E-state index contributed by atoms with van der Waals surface area (Å²) in [7, 11) is 1.89. The summed E-state index contributed by atoms with van der Waals surface area (Å²) in [6, 6.07) is 7.91. The zero-order valence-electron chi connectivity index (χ0n) is 16.1. The first-order valence-electron chi connectivity index (χ1n) is 9.38. The molecule has 5 aromatic rings. The molecule has 0 spiro atoms. The van der Waals surface area contributed by atoms with Crippen LogP contribution in [-0.4, -0.2) is 29.5 Å². The number of hydrogen-bond acceptors (Lipinski definition) is 5. The van der Waals surface area contributed by atoms with E-state index in [1.165, 1.54) is 0 Å². The standard InChI is InChI=1S/C21H18IN7O/c1-28-10-13(8-25-28)7-24-20-16-3-2-14(15-9-26-29(11-15)12-22)6-17(16)19-18(27-20)4-5-23-21(19)30/h2-6,8-11H,7,12H2,1H3,(H,23,30)(H,24,27). The van der Waals surface area contributed by atoms with Crippen LogP contribution in [0.25, 0.3) is 32.8 Å². The van der Waals surface area contributed by atoms with Gasteiger partial charge in [0.15, 0.2) is 0 Å². The van der Waals surface area contributed by atoms with E-state index in [9.17, 15) is 4.79 Å². The van der Waals surface area contributed by atoms with Crippen molar-refractivity contribution in [2.24, 2.45) is 7.05 Å². The van der Waals surface area contributed by atoms with Gasteiger partial charge in [0.25, 0.3) is 5.56 Å². The highest BCUT2D eigenvalue weighted by Crippen LogP contribution is 2.31. The maximum absolute atomic E-state index is 12.6. The number of H-pyrrole nitrogens is 1. The Morgan fingerprint density at radius 1 is 1.10 bits per heavy atom. The first-order valence-corrected chi connectivity index (χ1v) is 10.9. The molecule has 150 valence electrons. The number of aromatic amines is 1. The molecule has 0 aliphatic carbocycles. The van der Waals surface area contributed by atoms with Crippen LogP contribution in [0.2, 0.25) is 0 Å². The number of nitrogens with one attached hydrogen (secondary N) is 2. The number of alkyl halides is 1. The predicted molar refractivity (Wildman–Crippen MR) is 126 cm³/mol. The van der Waals surface area contributed by atoms with Gasteiger partial charge in [-0.15, -0.1) is 0 Å². The number of anilines is 1. The Kier molecular flexibility index (Phi) is 4.74. The van der Waals surface area contributed by atoms with Crippen LogP contribution < -0.4 is 10.9 Å². The Balaban J connectivity index is 1.67. The second kappa shape index (κ2) is 7.56. The molecule has 0 amide bonds. The second-order valence-electron chi connectivity index (χ2n) is 7.05. The zero-order valence-corrected chi connectivity index (χ0v) is 18.3. The predicted octanol–water partition coefficient (Wildman–Crippen LogP) is 3.68. The van der Waals surface area contributed by atoms with Crippen LogP contribution in [0.4, 0.5) is 5.82 Å². The van der Waals surface area contributed by atoms with E-state index in [-0.39, 0.29) is 5.56 Å². The number of nitrogens with zero attached hydrogens (tertiary/aromatic N) is 5. The van der Waals surface area contributed by atoms with Crippen molar-refractivity contribution in [3.63, 3.8) is 0 Å². The van der Waals surface area contributed by atoms with Gasteiger partial charge in [0.05, 0.1) is 27.8 Å². The van der Waals surface area contributed by atoms with E-state index in [4.69, 9.17) is 4.98 Å². The van der Waals surface area contributed by atoms with Crippen LogP contribution in [0.1, 0.15) is 5.56 Å². The van der Waals surface area contributed by atoms with Gasteiger partial charge in [-0.1, -0.05) is 34.7 Å². The van der Waals surface area contributed by atoms with Crippen molar-refractivity contribution in [1.29, 1.82) is 0 Å². The van der Waals surface area contributed by atoms with E-state index in [1.807, 2.05) is 60.8 Å². The largest absolute Gasteiger partial charge is 0.365 e. The summed E-state index contributed by atoms with van der Waals surface area (Å²) < 4.78 is 4.42. The van der Waals surface area contributed by atoms with Crippen molar-refractivity contribution in [2.75, 3.05) is 5.32 Å². The Morgan fingerprint density at radius 2 is 2.00 bits per heavy atom. The maximum Gasteiger partial charge on any atom is 0.258 e. The highest BCUT2D eigenvalue weighted by molar-refractivity contribution is 14.1. The molecule has 0 bridgehead atoms. The van der Waals surface area contributed by atoms with E-state index < -0.39 is 0 Å². The van der Waals surface area contributed by atoms with Gasteiger partial charge in [0.1, 0.15) is 5.82 Å². The lowest BCUT2D eigenvalue weighted by Crippen LogP contribution is -2.08. The highest BCUT2D eigenvalue weighted by atomic mass is 127. The molecule has 4 aromatic heterocycles. The summed E-state index contributed by atoms with van der Waals surface area (Å²) in [5.41, 5.74) is 3.58. The molecule has 5 rings (SSSR count). The third kappa shape index (κ3) is 3.34. The third-order valence-corrected chi connectivity index (χ3v) is 5.72. The number of benzene rings is 1. The van der Waals surface area contributed by atoms with Crippen molar-refractivity contribution in [3.8, 4) is 11.1 Å². The van der Waals surface area contributed by atoms with E-state index in [0.29, 0.717) is 17.4 Å². The molecule has 0 aliphatic rings. The highest BCUT2D eigenvalue weighted by Gasteiger charge is 2.13. The quantitative estimate of drug-likeness (QED) is 0.213. The molecule has 4 heterocycles. The number of rotatable bonds is 5. The van der Waals surface area contributed by atoms with Gasteiger partial charge < -0.3 is 10.3 Å². The maximum atomic E-state index is 12.6. The molecule has 8 nitrogen and oxygen atoms in total. The van der Waals surface area contributed by atoms with Crippen molar-refractivity contribution in [3.05, 3.63) is 71.2 Å². The Morgan fingerprint density at radius 3 is 2.77 bits per heavy atom. The van der Waals surface area contributed by atoms with Crippen molar-refractivity contribution in [2.45, 2.75) is 11.1 Å². The van der Waals surface area contributed by atoms with Crippen LogP contribution in [-0.2, 0) is 18.1 Å². The number of fused-ring (bicyclic) bond motifs is 3. The Bertz CT molecular complexity index is 1430. The molecule has 1 aromatic carbocycles. The zero-order chi connectivity index (χ0) is 20.7. The molecule has 9 heteroatoms. The van der Waals surface area contributed by atoms with Gasteiger partial charge in [-0.2, -0.15) is 10.2 Å². The lowest BCUT2D eigenvalue weighted by atomic mass is 10.0. The molecule has 0 unspecified atom stereocenters. The Hall–Kier alpha value is -3.21. The van der Waals surface area contributed by atoms with Crippen LogP contribution in [0.15, 0.2) is 60.0 Å². The molecule has 0 atom stereocenters. The summed E-state index contributed by atoms with van der Waals surface area (Å²) in [5.74, 6) is 0.737. The molecule has 2 N–H and O–H groups in total. The smallest absolute Gasteiger partial charge is 0.258 e. The molecular formula is C21H18IN7O. The normalized spacial score (nSPS) is 11.4. The van der Waals surface area contributed by atoms with E-state index in [2.05, 4.69) is 43.1 Å². The minimum Gasteiger partial charge on any atom is -0.365 e. The number of hydrogen-bond donors (Lipinski definition) is 2. The summed E-state index contributed by atoms with van der Waals surface area (Å²) in [6.07, 6.45) is 9.26. The first kappa shape index (κ1) is 18.8. The van der Waals surface area contributed by atoms with Crippen LogP contribution in [0.5, 0.6) is 0 Å². The summed E-state index contributed by atoms with van der Waals surface area (Å²) in [4.78, 5) is 20.1. The second-order valence-corrected chi connectivity index (χ2v) is 7.73. The average molecular weight is 511 g/mol. The van der Waals surface area contributed by atoms with Gasteiger partial charge >= 0.3 is 0 Å². The van der Waals surface area contributed by atoms with Crippen molar-refractivity contribution < 1.29 is 0 Å². The fourth-order valence-corrected chi connectivity index (χ4v) is 3.97. The summed E-state index contributed by atoms with van der Waals surface area (Å²) in [5, 5.41) is 14.3. The van der Waals surface area contributed by atoms with Crippen LogP contribution in [0.3, 0.4) is 0 Å². The molecule has 0 radical (unpaired) electrons. The lowest BCUT2D eigenvalue weighted by molar-refractivity contribution is 0.767. The van der Waals surface area contributed by atoms with Crippen molar-refractivity contribution >= 4 is 50.1 Å². The van der Waals surface area contributed by atoms with Crippen LogP contribution >= 0.6 is 22.6 Å². The first-order chi connectivity index (χ1) is 14.6. The van der Waals surface area contributed by atoms with Gasteiger partial charge in [-0.05, 0) is 17.7 Å². The fraction of sp³-hybridized carbons (Fsp3) is 0.143. The van der Waals surface area contributed by atoms with Gasteiger partial charge in [-0.3, -0.25) is 14.2 Å². The topological polar surface area (TPSA) is 93.4 Å². The van der Waals surface area contributed by atoms with E-state index >= 15 is 0 Å². The number of halogens is 1. The van der Waals surface area contributed by atoms with Gasteiger partial charge in [-0.25, -0.2) is 4.98 Å². The van der Waals surface area contributed by atoms with E-state index in [1.54, 1.807) is 10.9 Å².